The summed E-state index contributed by atoms with van der Waals surface area (Å²) in [6.45, 7) is 3.28. The highest BCUT2D eigenvalue weighted by Crippen LogP contribution is 2.37. The Bertz CT molecular complexity index is 779. The summed E-state index contributed by atoms with van der Waals surface area (Å²) in [5.74, 6) is 2.30. The van der Waals surface area contributed by atoms with Gasteiger partial charge < -0.3 is 20.2 Å². The number of nitrogens with one attached hydrogen (secondary N) is 1. The third kappa shape index (κ3) is 2.03. The number of imidazole rings is 1. The number of H-pyrrole nitrogens is 1. The highest BCUT2D eigenvalue weighted by atomic mass is 32.1. The summed E-state index contributed by atoms with van der Waals surface area (Å²) in [5.41, 5.74) is 8.86. The number of nitrogens with zero attached hydrogens (tertiary/aromatic N) is 1. The fraction of sp³-hybridized carbons (Fsp3) is 0.267. The van der Waals surface area contributed by atoms with E-state index in [0.717, 1.165) is 45.3 Å². The molecule has 0 fully saturated rings. The van der Waals surface area contributed by atoms with E-state index in [2.05, 4.69) is 23.0 Å². The average Bonchev–Trinajstić information content (AvgIpc) is 3.07. The van der Waals surface area contributed by atoms with E-state index in [9.17, 15) is 0 Å². The molecule has 5 nitrogen and oxygen atoms in total. The number of hydrogen-bond acceptors (Lipinski definition) is 5. The molecule has 1 aromatic carbocycles. The van der Waals surface area contributed by atoms with E-state index in [1.807, 2.05) is 12.1 Å². The Balaban J connectivity index is 1.84. The van der Waals surface area contributed by atoms with Gasteiger partial charge in [-0.3, -0.25) is 0 Å². The van der Waals surface area contributed by atoms with Gasteiger partial charge in [-0.2, -0.15) is 0 Å². The lowest BCUT2D eigenvalue weighted by atomic mass is 10.2. The van der Waals surface area contributed by atoms with Crippen LogP contribution in [0.25, 0.3) is 22.4 Å². The molecule has 3 N–H and O–H groups in total. The summed E-state index contributed by atoms with van der Waals surface area (Å²) in [4.78, 5) is 9.21. The Hall–Kier alpha value is -2.21. The molecule has 0 spiro atoms. The number of anilines is 1. The standard InChI is InChI=1S/C15H15N3O2S/c1-2-8-5-9(14(16)21-8)15-17-10-6-12-13(7-11(10)18-15)20-4-3-19-12/h5-7H,2-4,16H2,1H3,(H,17,18). The van der Waals surface area contributed by atoms with Gasteiger partial charge in [-0.15, -0.1) is 11.3 Å². The Morgan fingerprint density at radius 2 is 2.00 bits per heavy atom. The molecule has 0 amide bonds. The first kappa shape index (κ1) is 12.5. The minimum absolute atomic E-state index is 0.577. The van der Waals surface area contributed by atoms with Gasteiger partial charge in [0.05, 0.1) is 21.6 Å². The average molecular weight is 301 g/mol. The second-order valence-corrected chi connectivity index (χ2v) is 6.11. The van der Waals surface area contributed by atoms with E-state index in [0.29, 0.717) is 13.2 Å². The quantitative estimate of drug-likeness (QED) is 0.762. The summed E-state index contributed by atoms with van der Waals surface area (Å²) in [6.07, 6.45) is 0.977. The second-order valence-electron chi connectivity index (χ2n) is 4.94. The highest BCUT2D eigenvalue weighted by molar-refractivity contribution is 7.16. The van der Waals surface area contributed by atoms with Crippen molar-refractivity contribution in [2.45, 2.75) is 13.3 Å². The molecule has 0 saturated carbocycles. The van der Waals surface area contributed by atoms with Crippen LogP contribution in [0.3, 0.4) is 0 Å². The number of nitrogen functional groups attached to an aromatic ring is 1. The number of ether oxygens (including phenoxy) is 2. The van der Waals surface area contributed by atoms with Crippen molar-refractivity contribution in [2.75, 3.05) is 18.9 Å². The maximum atomic E-state index is 6.10. The van der Waals surface area contributed by atoms with E-state index < -0.39 is 0 Å². The molecule has 0 radical (unpaired) electrons. The van der Waals surface area contributed by atoms with Crippen molar-refractivity contribution in [1.29, 1.82) is 0 Å². The third-order valence-corrected chi connectivity index (χ3v) is 4.67. The van der Waals surface area contributed by atoms with Crippen LogP contribution < -0.4 is 15.2 Å². The van der Waals surface area contributed by atoms with Crippen LogP contribution in [0.2, 0.25) is 0 Å². The molecule has 0 aliphatic carbocycles. The van der Waals surface area contributed by atoms with Gasteiger partial charge in [-0.1, -0.05) is 6.92 Å². The fourth-order valence-electron chi connectivity index (χ4n) is 2.49. The first-order valence-corrected chi connectivity index (χ1v) is 7.74. The zero-order valence-corrected chi connectivity index (χ0v) is 12.4. The van der Waals surface area contributed by atoms with Crippen molar-refractivity contribution < 1.29 is 9.47 Å². The van der Waals surface area contributed by atoms with Crippen LogP contribution in [0.4, 0.5) is 5.00 Å². The number of fused-ring (bicyclic) bond motifs is 2. The van der Waals surface area contributed by atoms with Gasteiger partial charge in [0, 0.05) is 17.0 Å². The van der Waals surface area contributed by atoms with Crippen molar-refractivity contribution in [2.24, 2.45) is 0 Å². The Labute approximate surface area is 125 Å². The maximum absolute atomic E-state index is 6.10. The first-order chi connectivity index (χ1) is 10.2. The number of aryl methyl sites for hydroxylation is 1. The van der Waals surface area contributed by atoms with Crippen LogP contribution in [0, 0.1) is 0 Å². The lowest BCUT2D eigenvalue weighted by molar-refractivity contribution is 0.172. The lowest BCUT2D eigenvalue weighted by Gasteiger charge is -2.17. The van der Waals surface area contributed by atoms with E-state index in [4.69, 9.17) is 15.2 Å². The largest absolute Gasteiger partial charge is 0.486 e. The minimum Gasteiger partial charge on any atom is -0.486 e. The zero-order valence-electron chi connectivity index (χ0n) is 11.6. The summed E-state index contributed by atoms with van der Waals surface area (Å²) >= 11 is 1.61. The summed E-state index contributed by atoms with van der Waals surface area (Å²) in [6, 6.07) is 5.95. The number of rotatable bonds is 2. The minimum atomic E-state index is 0.577. The number of hydrogen-bond donors (Lipinski definition) is 2. The molecular weight excluding hydrogens is 286 g/mol. The topological polar surface area (TPSA) is 73.2 Å². The van der Waals surface area contributed by atoms with Crippen molar-refractivity contribution >= 4 is 27.4 Å². The molecule has 2 aromatic heterocycles. The molecule has 3 heterocycles. The molecule has 0 unspecified atom stereocenters. The lowest BCUT2D eigenvalue weighted by Crippen LogP contribution is -2.15. The number of aromatic nitrogens is 2. The van der Waals surface area contributed by atoms with Crippen LogP contribution in [0.15, 0.2) is 18.2 Å². The zero-order chi connectivity index (χ0) is 14.4. The van der Waals surface area contributed by atoms with Crippen LogP contribution >= 0.6 is 11.3 Å². The van der Waals surface area contributed by atoms with E-state index in [1.54, 1.807) is 11.3 Å². The highest BCUT2D eigenvalue weighted by Gasteiger charge is 2.17. The molecular formula is C15H15N3O2S. The number of aromatic amines is 1. The van der Waals surface area contributed by atoms with Crippen LogP contribution in [-0.4, -0.2) is 23.2 Å². The van der Waals surface area contributed by atoms with Gasteiger partial charge in [-0.25, -0.2) is 4.98 Å². The van der Waals surface area contributed by atoms with Gasteiger partial charge in [0.25, 0.3) is 0 Å². The van der Waals surface area contributed by atoms with Crippen LogP contribution in [-0.2, 0) is 6.42 Å². The van der Waals surface area contributed by atoms with Gasteiger partial charge in [0.15, 0.2) is 11.5 Å². The Morgan fingerprint density at radius 1 is 1.24 bits per heavy atom. The molecule has 3 aromatic rings. The molecule has 0 saturated heterocycles. The summed E-state index contributed by atoms with van der Waals surface area (Å²) in [7, 11) is 0. The molecule has 108 valence electrons. The first-order valence-electron chi connectivity index (χ1n) is 6.92. The Morgan fingerprint density at radius 3 is 2.71 bits per heavy atom. The molecule has 4 rings (SSSR count). The third-order valence-electron chi connectivity index (χ3n) is 3.56. The van der Waals surface area contributed by atoms with E-state index >= 15 is 0 Å². The summed E-state index contributed by atoms with van der Waals surface area (Å²) < 4.78 is 11.2. The van der Waals surface area contributed by atoms with Gasteiger partial charge in [0.2, 0.25) is 0 Å². The van der Waals surface area contributed by atoms with E-state index in [1.165, 1.54) is 4.88 Å². The predicted molar refractivity (Wildman–Crippen MR) is 84.2 cm³/mol. The number of benzene rings is 1. The van der Waals surface area contributed by atoms with Crippen molar-refractivity contribution in [3.05, 3.63) is 23.1 Å². The van der Waals surface area contributed by atoms with Crippen LogP contribution in [0.1, 0.15) is 11.8 Å². The number of nitrogens with two attached hydrogens (primary N) is 1. The monoisotopic (exact) mass is 301 g/mol. The fourth-order valence-corrected chi connectivity index (χ4v) is 3.36. The SMILES string of the molecule is CCc1cc(-c2nc3cc4c(cc3[nH]2)OCCO4)c(N)s1. The van der Waals surface area contributed by atoms with Crippen molar-refractivity contribution in [1.82, 2.24) is 9.97 Å². The number of thiophene rings is 1. The summed E-state index contributed by atoms with van der Waals surface area (Å²) in [5, 5.41) is 0.795. The van der Waals surface area contributed by atoms with Crippen LogP contribution in [0.5, 0.6) is 11.5 Å². The molecule has 6 heteroatoms. The molecule has 0 atom stereocenters. The van der Waals surface area contributed by atoms with Gasteiger partial charge >= 0.3 is 0 Å². The molecule has 1 aliphatic heterocycles. The second kappa shape index (κ2) is 4.66. The molecule has 0 bridgehead atoms. The maximum Gasteiger partial charge on any atom is 0.163 e. The van der Waals surface area contributed by atoms with Gasteiger partial charge in [-0.05, 0) is 12.5 Å². The van der Waals surface area contributed by atoms with Crippen molar-refractivity contribution in [3.8, 4) is 22.9 Å². The Kier molecular flexibility index (Phi) is 2.78. The van der Waals surface area contributed by atoms with Gasteiger partial charge in [0.1, 0.15) is 19.0 Å². The molecule has 21 heavy (non-hydrogen) atoms. The normalized spacial score (nSPS) is 13.8. The predicted octanol–water partition coefficient (Wildman–Crippen LogP) is 3.21. The smallest absolute Gasteiger partial charge is 0.163 e. The molecule has 1 aliphatic rings. The van der Waals surface area contributed by atoms with E-state index in [-0.39, 0.29) is 0 Å². The van der Waals surface area contributed by atoms with Crippen molar-refractivity contribution in [3.63, 3.8) is 0 Å².